The standard InChI is InChI=1S/C59H49Cl2N7O19/c1-84-59(83)49-32-20-29(70)21-38(73)44(32)31-14-24(4-6-36(31)71)47-55(78)68-50(57(80)67-49)51(74)25-5-9-40(34(61)15-25)87-43-18-27-17-42(52(43)75)86-39-8-2-22(10-33(39)60)11-35(58(81)82)64-53(76)45(62)23-3-7-37(72)41(16-23)85-30-13-26(12-28(69)19-30)46(63)54(77)65-48(27)56(79)66-47/h2-10,12-21,35,45-51,69-75H,11,62-63H2,1H3,(H,64,76)(H,65,77)(H,66,79)(H,67,80)(H,68,78)(H,81,82)/t35-,45-,46+,47-,48-,49+,50+,51-/m1/s1. The topological polar surface area (TPSA) is 430 Å². The SMILES string of the molecule is COC(=O)[C@H]1NC(=O)[C@H]2NC(=O)[C@H](NC(=O)[C@@H]3NC(=O)[C@@H](N)c4cc(O)cc(c4)Oc4cc(ccc4O)[C@@H](N)C(=O)N[C@@H](C(=O)O)Cc4ccc(c(Cl)c4)Oc4cc3cc(c4O)Oc3ccc(cc3Cl)[C@H]2O)c2ccc(O)c(c2)-c2c(O)cc(O)cc21. The van der Waals surface area contributed by atoms with Crippen molar-refractivity contribution in [2.24, 2.45) is 11.5 Å². The number of carbonyl (C=O) groups is 7. The molecule has 0 saturated carbocycles. The quantitative estimate of drug-likeness (QED) is 0.101. The number of aliphatic hydroxyl groups excluding tert-OH is 1. The fraction of sp³-hybridized carbons (Fsp3) is 0.169. The summed E-state index contributed by atoms with van der Waals surface area (Å²) in [5, 5.41) is 102. The van der Waals surface area contributed by atoms with Crippen molar-refractivity contribution in [1.82, 2.24) is 26.6 Å². The molecule has 5 aliphatic rings. The van der Waals surface area contributed by atoms with E-state index in [-0.39, 0.29) is 84.0 Å². The van der Waals surface area contributed by atoms with Gasteiger partial charge in [0, 0.05) is 35.2 Å². The van der Waals surface area contributed by atoms with Crippen molar-refractivity contribution < 1.29 is 93.4 Å². The molecule has 87 heavy (non-hydrogen) atoms. The lowest BCUT2D eigenvalue weighted by atomic mass is 9.89. The smallest absolute Gasteiger partial charge is 0.333 e. The predicted octanol–water partition coefficient (Wildman–Crippen LogP) is 4.99. The summed E-state index contributed by atoms with van der Waals surface area (Å²) in [6.45, 7) is 0. The predicted molar refractivity (Wildman–Crippen MR) is 303 cm³/mol. The van der Waals surface area contributed by atoms with Crippen LogP contribution in [0, 0.1) is 0 Å². The summed E-state index contributed by atoms with van der Waals surface area (Å²) in [7, 11) is 0.963. The number of carboxylic acids is 1. The molecule has 0 unspecified atom stereocenters. The van der Waals surface area contributed by atoms with Crippen LogP contribution in [0.3, 0.4) is 0 Å². The Balaban J connectivity index is 1.18. The number of hydrogen-bond acceptors (Lipinski definition) is 20. The summed E-state index contributed by atoms with van der Waals surface area (Å²) in [4.78, 5) is 99.9. The van der Waals surface area contributed by atoms with E-state index in [4.69, 9.17) is 53.6 Å². The van der Waals surface area contributed by atoms with Gasteiger partial charge in [0.15, 0.2) is 29.0 Å². The summed E-state index contributed by atoms with van der Waals surface area (Å²) < 4.78 is 23.3. The molecule has 28 heteroatoms. The third-order valence-electron chi connectivity index (χ3n) is 14.4. The van der Waals surface area contributed by atoms with Gasteiger partial charge in [0.25, 0.3) is 0 Å². The normalized spacial score (nSPS) is 21.3. The number of halogens is 2. The largest absolute Gasteiger partial charge is 0.508 e. The number of carbonyl (C=O) groups excluding carboxylic acids is 6. The maximum Gasteiger partial charge on any atom is 0.333 e. The highest BCUT2D eigenvalue weighted by Gasteiger charge is 2.41. The van der Waals surface area contributed by atoms with Gasteiger partial charge in [-0.05, 0) is 112 Å². The average molecular weight is 1230 g/mol. The van der Waals surface area contributed by atoms with E-state index in [9.17, 15) is 64.8 Å². The number of methoxy groups -OCH3 is 1. The number of benzene rings is 7. The fourth-order valence-electron chi connectivity index (χ4n) is 9.95. The second kappa shape index (κ2) is 23.9. The number of hydrogen-bond donors (Lipinski definition) is 15. The van der Waals surface area contributed by atoms with Crippen LogP contribution in [-0.2, 0) is 44.7 Å². The molecule has 15 bridgehead atoms. The minimum atomic E-state index is -2.13. The Bertz CT molecular complexity index is 4040. The van der Waals surface area contributed by atoms with Crippen molar-refractivity contribution in [3.63, 3.8) is 0 Å². The van der Waals surface area contributed by atoms with Gasteiger partial charge in [-0.3, -0.25) is 24.0 Å². The molecule has 5 aliphatic heterocycles. The number of nitrogens with one attached hydrogen (secondary N) is 5. The molecule has 0 aromatic heterocycles. The zero-order valence-corrected chi connectivity index (χ0v) is 46.3. The average Bonchev–Trinajstić information content (AvgIpc) is 1.13. The van der Waals surface area contributed by atoms with Crippen LogP contribution in [0.25, 0.3) is 11.1 Å². The van der Waals surface area contributed by atoms with E-state index in [0.717, 1.165) is 79.9 Å². The van der Waals surface area contributed by atoms with Crippen LogP contribution in [0.2, 0.25) is 10.0 Å². The molecule has 0 saturated heterocycles. The van der Waals surface area contributed by atoms with Gasteiger partial charge < -0.3 is 97.9 Å². The monoisotopic (exact) mass is 1230 g/mol. The number of aromatic hydroxyl groups is 6. The molecule has 12 rings (SSSR count). The summed E-state index contributed by atoms with van der Waals surface area (Å²) in [6.07, 6.45) is -2.47. The third-order valence-corrected chi connectivity index (χ3v) is 15.0. The first-order chi connectivity index (χ1) is 41.3. The number of phenolic OH excluding ortho intramolecular Hbond substituents is 6. The van der Waals surface area contributed by atoms with Crippen LogP contribution in [0.15, 0.2) is 115 Å². The van der Waals surface area contributed by atoms with Crippen LogP contribution < -0.4 is 52.3 Å². The molecule has 17 N–H and O–H groups in total. The second-order valence-corrected chi connectivity index (χ2v) is 21.0. The van der Waals surface area contributed by atoms with E-state index in [0.29, 0.717) is 0 Å². The van der Waals surface area contributed by atoms with Crippen molar-refractivity contribution >= 4 is 64.7 Å². The highest BCUT2D eigenvalue weighted by atomic mass is 35.5. The first-order valence-electron chi connectivity index (χ1n) is 25.9. The summed E-state index contributed by atoms with van der Waals surface area (Å²) >= 11 is 13.6. The molecule has 8 atom stereocenters. The number of ether oxygens (including phenoxy) is 4. The molecule has 5 amide bonds. The molecular formula is C59H49Cl2N7O19. The molecule has 7 aromatic rings. The summed E-state index contributed by atoms with van der Waals surface area (Å²) in [5.41, 5.74) is 11.1. The summed E-state index contributed by atoms with van der Waals surface area (Å²) in [6, 6.07) is 8.36. The highest BCUT2D eigenvalue weighted by Crippen LogP contribution is 2.48. The lowest BCUT2D eigenvalue weighted by Crippen LogP contribution is -2.55. The number of aliphatic hydroxyl groups is 1. The first-order valence-corrected chi connectivity index (χ1v) is 26.7. The Labute approximate surface area is 500 Å². The number of carboxylic acid groups (broad SMARTS) is 1. The Morgan fingerprint density at radius 3 is 1.80 bits per heavy atom. The molecule has 448 valence electrons. The van der Waals surface area contributed by atoms with E-state index >= 15 is 9.59 Å². The maximum atomic E-state index is 15.5. The van der Waals surface area contributed by atoms with Gasteiger partial charge in [-0.15, -0.1) is 0 Å². The van der Waals surface area contributed by atoms with Crippen molar-refractivity contribution in [3.05, 3.63) is 164 Å². The molecule has 0 fully saturated rings. The Hall–Kier alpha value is -10.5. The molecule has 0 aliphatic carbocycles. The van der Waals surface area contributed by atoms with Crippen LogP contribution in [-0.4, -0.2) is 102 Å². The van der Waals surface area contributed by atoms with E-state index in [1.54, 1.807) is 0 Å². The van der Waals surface area contributed by atoms with E-state index < -0.39 is 141 Å². The Morgan fingerprint density at radius 2 is 1.13 bits per heavy atom. The van der Waals surface area contributed by atoms with Gasteiger partial charge >= 0.3 is 11.9 Å². The highest BCUT2D eigenvalue weighted by molar-refractivity contribution is 6.32. The fourth-order valence-corrected chi connectivity index (χ4v) is 10.4. The number of nitrogens with two attached hydrogens (primary N) is 2. The van der Waals surface area contributed by atoms with Crippen molar-refractivity contribution in [1.29, 1.82) is 0 Å². The Morgan fingerprint density at radius 1 is 0.540 bits per heavy atom. The molecule has 5 heterocycles. The summed E-state index contributed by atoms with van der Waals surface area (Å²) in [5.74, 6) is -14.7. The second-order valence-electron chi connectivity index (χ2n) is 20.2. The van der Waals surface area contributed by atoms with E-state index in [1.165, 1.54) is 42.5 Å². The molecule has 0 radical (unpaired) electrons. The van der Waals surface area contributed by atoms with E-state index in [1.807, 2.05) is 0 Å². The van der Waals surface area contributed by atoms with Crippen molar-refractivity contribution in [2.45, 2.75) is 54.8 Å². The van der Waals surface area contributed by atoms with Gasteiger partial charge in [0.1, 0.15) is 82.6 Å². The number of esters is 1. The van der Waals surface area contributed by atoms with Crippen molar-refractivity contribution in [3.8, 4) is 80.1 Å². The lowest BCUT2D eigenvalue weighted by Gasteiger charge is -2.31. The molecule has 0 spiro atoms. The van der Waals surface area contributed by atoms with Gasteiger partial charge in [-0.25, -0.2) is 9.59 Å². The van der Waals surface area contributed by atoms with Crippen LogP contribution in [0.5, 0.6) is 69.0 Å². The minimum absolute atomic E-state index is 0.0238. The number of aliphatic carboxylic acids is 1. The van der Waals surface area contributed by atoms with Crippen molar-refractivity contribution in [2.75, 3.05) is 7.11 Å². The Kier molecular flexibility index (Phi) is 16.4. The van der Waals surface area contributed by atoms with Gasteiger partial charge in [-0.1, -0.05) is 47.5 Å². The zero-order chi connectivity index (χ0) is 62.4. The number of phenols is 6. The van der Waals surface area contributed by atoms with Crippen LogP contribution in [0.4, 0.5) is 0 Å². The molecule has 26 nitrogen and oxygen atoms in total. The maximum absolute atomic E-state index is 15.5. The van der Waals surface area contributed by atoms with E-state index in [2.05, 4.69) is 26.6 Å². The van der Waals surface area contributed by atoms with Gasteiger partial charge in [0.2, 0.25) is 35.3 Å². The molecule has 7 aromatic carbocycles. The number of rotatable bonds is 2. The van der Waals surface area contributed by atoms with Gasteiger partial charge in [-0.2, -0.15) is 0 Å². The number of fused-ring (bicyclic) bond motifs is 15. The number of amides is 5. The first kappa shape index (κ1) is 59.6. The molecular weight excluding hydrogens is 1180 g/mol. The third kappa shape index (κ3) is 12.1. The van der Waals surface area contributed by atoms with Crippen LogP contribution in [0.1, 0.15) is 75.3 Å². The lowest BCUT2D eigenvalue weighted by molar-refractivity contribution is -0.146. The van der Waals surface area contributed by atoms with Gasteiger partial charge in [0.05, 0.1) is 17.2 Å². The minimum Gasteiger partial charge on any atom is -0.508 e. The van der Waals surface area contributed by atoms with Crippen LogP contribution >= 0.6 is 23.2 Å². The zero-order valence-electron chi connectivity index (χ0n) is 44.8.